The van der Waals surface area contributed by atoms with Crippen LogP contribution < -0.4 is 4.74 Å². The van der Waals surface area contributed by atoms with E-state index < -0.39 is 0 Å². The molecule has 1 aromatic carbocycles. The number of pyridine rings is 1. The van der Waals surface area contributed by atoms with Gasteiger partial charge in [0.2, 0.25) is 5.88 Å². The molecule has 0 unspecified atom stereocenters. The molecule has 5 heteroatoms. The summed E-state index contributed by atoms with van der Waals surface area (Å²) in [6.45, 7) is 1.90. The first-order valence-electron chi connectivity index (χ1n) is 6.54. The number of aromatic nitrogens is 1. The minimum atomic E-state index is -0.106. The zero-order chi connectivity index (χ0) is 14.2. The molecule has 0 saturated carbocycles. The first-order valence-corrected chi connectivity index (χ1v) is 6.54. The normalized spacial score (nSPS) is 10.9. The fraction of sp³-hybridized carbons (Fsp3) is 0.400. The van der Waals surface area contributed by atoms with E-state index in [1.807, 2.05) is 30.3 Å². The summed E-state index contributed by atoms with van der Waals surface area (Å²) < 4.78 is 15.9. The van der Waals surface area contributed by atoms with Crippen molar-refractivity contribution in [2.75, 3.05) is 33.5 Å². The highest BCUT2D eigenvalue weighted by atomic mass is 16.5. The van der Waals surface area contributed by atoms with Crippen LogP contribution in [0.25, 0.3) is 10.8 Å². The van der Waals surface area contributed by atoms with E-state index in [2.05, 4.69) is 4.98 Å². The molecule has 0 radical (unpaired) electrons. The van der Waals surface area contributed by atoms with Crippen LogP contribution in [0.15, 0.2) is 30.3 Å². The van der Waals surface area contributed by atoms with Gasteiger partial charge in [0, 0.05) is 12.5 Å². The number of nitrogens with zero attached hydrogens (tertiary/aromatic N) is 1. The van der Waals surface area contributed by atoms with Crippen molar-refractivity contribution in [2.45, 2.75) is 6.61 Å². The SMILES string of the molecule is COCCOCCOc1nc(CO)cc2ccccc12. The van der Waals surface area contributed by atoms with Crippen LogP contribution in [0.5, 0.6) is 5.88 Å². The number of benzene rings is 1. The van der Waals surface area contributed by atoms with Crippen molar-refractivity contribution in [1.82, 2.24) is 4.98 Å². The van der Waals surface area contributed by atoms with Crippen LogP contribution >= 0.6 is 0 Å². The topological polar surface area (TPSA) is 60.8 Å². The molecule has 0 atom stereocenters. The Balaban J connectivity index is 2.01. The maximum absolute atomic E-state index is 9.23. The van der Waals surface area contributed by atoms with Crippen molar-refractivity contribution in [2.24, 2.45) is 0 Å². The standard InChI is InChI=1S/C15H19NO4/c1-18-6-7-19-8-9-20-15-14-5-3-2-4-12(14)10-13(11-17)16-15/h2-5,10,17H,6-9,11H2,1H3. The fourth-order valence-corrected chi connectivity index (χ4v) is 1.85. The molecule has 0 aliphatic rings. The molecule has 2 aromatic rings. The second-order valence-electron chi connectivity index (χ2n) is 4.25. The first kappa shape index (κ1) is 14.7. The van der Waals surface area contributed by atoms with Crippen LogP contribution in [-0.4, -0.2) is 43.6 Å². The van der Waals surface area contributed by atoms with E-state index in [1.54, 1.807) is 7.11 Å². The fourth-order valence-electron chi connectivity index (χ4n) is 1.85. The molecule has 20 heavy (non-hydrogen) atoms. The van der Waals surface area contributed by atoms with Crippen LogP contribution in [0, 0.1) is 0 Å². The molecular formula is C15H19NO4. The van der Waals surface area contributed by atoms with Crippen molar-refractivity contribution in [3.05, 3.63) is 36.0 Å². The third-order valence-corrected chi connectivity index (χ3v) is 2.82. The molecule has 0 aliphatic heterocycles. The zero-order valence-corrected chi connectivity index (χ0v) is 11.5. The number of aliphatic hydroxyl groups is 1. The van der Waals surface area contributed by atoms with Gasteiger partial charge >= 0.3 is 0 Å². The Kier molecular flexibility index (Phi) is 5.73. The Morgan fingerprint density at radius 1 is 1.10 bits per heavy atom. The lowest BCUT2D eigenvalue weighted by atomic mass is 10.1. The number of hydrogen-bond acceptors (Lipinski definition) is 5. The van der Waals surface area contributed by atoms with E-state index in [1.165, 1.54) is 0 Å². The summed E-state index contributed by atoms with van der Waals surface area (Å²) >= 11 is 0. The second kappa shape index (κ2) is 7.79. The van der Waals surface area contributed by atoms with Gasteiger partial charge in [-0.3, -0.25) is 0 Å². The van der Waals surface area contributed by atoms with E-state index in [-0.39, 0.29) is 6.61 Å². The van der Waals surface area contributed by atoms with Crippen LogP contribution in [0.4, 0.5) is 0 Å². The van der Waals surface area contributed by atoms with Gasteiger partial charge in [0.25, 0.3) is 0 Å². The van der Waals surface area contributed by atoms with Gasteiger partial charge in [-0.25, -0.2) is 4.98 Å². The van der Waals surface area contributed by atoms with Gasteiger partial charge in [-0.05, 0) is 17.5 Å². The monoisotopic (exact) mass is 277 g/mol. The Labute approximate surface area is 118 Å². The van der Waals surface area contributed by atoms with Gasteiger partial charge in [-0.1, -0.05) is 18.2 Å². The molecule has 0 amide bonds. The molecule has 0 fully saturated rings. The van der Waals surface area contributed by atoms with Gasteiger partial charge in [-0.2, -0.15) is 0 Å². The molecule has 1 N–H and O–H groups in total. The minimum absolute atomic E-state index is 0.106. The molecular weight excluding hydrogens is 258 g/mol. The molecule has 1 heterocycles. The average Bonchev–Trinajstić information content (AvgIpc) is 2.50. The van der Waals surface area contributed by atoms with E-state index in [0.29, 0.717) is 38.0 Å². The molecule has 0 spiro atoms. The summed E-state index contributed by atoms with van der Waals surface area (Å²) in [6, 6.07) is 9.66. The maximum atomic E-state index is 9.23. The Morgan fingerprint density at radius 3 is 2.70 bits per heavy atom. The lowest BCUT2D eigenvalue weighted by molar-refractivity contribution is 0.0539. The van der Waals surface area contributed by atoms with Crippen LogP contribution in [-0.2, 0) is 16.1 Å². The second-order valence-corrected chi connectivity index (χ2v) is 4.25. The highest BCUT2D eigenvalue weighted by molar-refractivity contribution is 5.87. The maximum Gasteiger partial charge on any atom is 0.221 e. The average molecular weight is 277 g/mol. The number of ether oxygens (including phenoxy) is 3. The minimum Gasteiger partial charge on any atom is -0.475 e. The molecule has 5 nitrogen and oxygen atoms in total. The van der Waals surface area contributed by atoms with Crippen LogP contribution in [0.1, 0.15) is 5.69 Å². The van der Waals surface area contributed by atoms with Crippen molar-refractivity contribution in [3.8, 4) is 5.88 Å². The summed E-state index contributed by atoms with van der Waals surface area (Å²) in [4.78, 5) is 4.30. The number of methoxy groups -OCH3 is 1. The highest BCUT2D eigenvalue weighted by Crippen LogP contribution is 2.24. The van der Waals surface area contributed by atoms with Gasteiger partial charge in [0.15, 0.2) is 0 Å². The van der Waals surface area contributed by atoms with E-state index in [4.69, 9.17) is 14.2 Å². The zero-order valence-electron chi connectivity index (χ0n) is 11.5. The third-order valence-electron chi connectivity index (χ3n) is 2.82. The Hall–Kier alpha value is -1.69. The molecule has 108 valence electrons. The molecule has 1 aromatic heterocycles. The van der Waals surface area contributed by atoms with Gasteiger partial charge < -0.3 is 19.3 Å². The number of aliphatic hydroxyl groups excluding tert-OH is 1. The van der Waals surface area contributed by atoms with Crippen molar-refractivity contribution in [1.29, 1.82) is 0 Å². The summed E-state index contributed by atoms with van der Waals surface area (Å²) in [5.41, 5.74) is 0.596. The quantitative estimate of drug-likeness (QED) is 0.745. The lowest BCUT2D eigenvalue weighted by Crippen LogP contribution is -2.11. The van der Waals surface area contributed by atoms with Gasteiger partial charge in [0.1, 0.15) is 6.61 Å². The summed E-state index contributed by atoms with van der Waals surface area (Å²) in [7, 11) is 1.64. The molecule has 2 rings (SSSR count). The van der Waals surface area contributed by atoms with Crippen LogP contribution in [0.3, 0.4) is 0 Å². The molecule has 0 bridgehead atoms. The predicted octanol–water partition coefficient (Wildman–Crippen LogP) is 1.77. The smallest absolute Gasteiger partial charge is 0.221 e. The van der Waals surface area contributed by atoms with E-state index >= 15 is 0 Å². The predicted molar refractivity (Wildman–Crippen MR) is 75.9 cm³/mol. The third kappa shape index (κ3) is 3.90. The number of rotatable bonds is 8. The summed E-state index contributed by atoms with van der Waals surface area (Å²) in [6.07, 6.45) is 0. The van der Waals surface area contributed by atoms with Crippen molar-refractivity contribution in [3.63, 3.8) is 0 Å². The molecule has 0 saturated heterocycles. The summed E-state index contributed by atoms with van der Waals surface area (Å²) in [5, 5.41) is 11.2. The first-order chi connectivity index (χ1) is 9.85. The largest absolute Gasteiger partial charge is 0.475 e. The number of fused-ring (bicyclic) bond motifs is 1. The van der Waals surface area contributed by atoms with Crippen LogP contribution in [0.2, 0.25) is 0 Å². The number of hydrogen-bond donors (Lipinski definition) is 1. The highest BCUT2D eigenvalue weighted by Gasteiger charge is 2.06. The van der Waals surface area contributed by atoms with E-state index in [0.717, 1.165) is 10.8 Å². The Bertz CT molecular complexity index is 544. The van der Waals surface area contributed by atoms with Crippen molar-refractivity contribution >= 4 is 10.8 Å². The van der Waals surface area contributed by atoms with Crippen molar-refractivity contribution < 1.29 is 19.3 Å². The molecule has 0 aliphatic carbocycles. The Morgan fingerprint density at radius 2 is 1.90 bits per heavy atom. The van der Waals surface area contributed by atoms with Gasteiger partial charge in [0.05, 0.1) is 32.1 Å². The summed E-state index contributed by atoms with van der Waals surface area (Å²) in [5.74, 6) is 0.530. The lowest BCUT2D eigenvalue weighted by Gasteiger charge is -2.10. The van der Waals surface area contributed by atoms with Gasteiger partial charge in [-0.15, -0.1) is 0 Å². The van der Waals surface area contributed by atoms with E-state index in [9.17, 15) is 5.11 Å².